The quantitative estimate of drug-likeness (QED) is 0.182. The lowest BCUT2D eigenvalue weighted by atomic mass is 9.54. The maximum Gasteiger partial charge on any atom is 0.534 e. The molecule has 15 heteroatoms. The molecule has 4 unspecified atom stereocenters. The molecule has 2 fully saturated rings. The van der Waals surface area contributed by atoms with Crippen LogP contribution in [0.15, 0.2) is 18.3 Å². The highest BCUT2D eigenvalue weighted by Crippen LogP contribution is 2.63. The molecule has 1 heterocycles. The Balaban J connectivity index is 1.41. The average molecular weight is 616 g/mol. The summed E-state index contributed by atoms with van der Waals surface area (Å²) in [5.41, 5.74) is -6.39. The van der Waals surface area contributed by atoms with Gasteiger partial charge in [0.05, 0.1) is 4.92 Å². The SMILES string of the molecule is Cc1cnc(NC(=O)CCC2CC(=O)[C@@]3(C)CCC4c5ccc(OS(=O)(=O)C(F)(F)F)c([N+](=O)[O-])c5CCC4C23)s1. The number of alkyl halides is 3. The fraction of sp³-hybridized carbons (Fsp3) is 0.577. The van der Waals surface area contributed by atoms with Gasteiger partial charge in [-0.25, -0.2) is 4.98 Å². The minimum Gasteiger partial charge on any atom is -0.369 e. The number of nitro groups is 1. The highest BCUT2D eigenvalue weighted by atomic mass is 32.2. The van der Waals surface area contributed by atoms with E-state index < -0.39 is 37.4 Å². The Morgan fingerprint density at radius 1 is 1.32 bits per heavy atom. The number of fused-ring (bicyclic) bond motifs is 5. The second-order valence-electron chi connectivity index (χ2n) is 11.3. The van der Waals surface area contributed by atoms with E-state index in [0.29, 0.717) is 42.8 Å². The minimum atomic E-state index is -6.10. The van der Waals surface area contributed by atoms with Crippen LogP contribution in [-0.4, -0.2) is 35.5 Å². The van der Waals surface area contributed by atoms with Crippen LogP contribution in [0.2, 0.25) is 0 Å². The van der Waals surface area contributed by atoms with Gasteiger partial charge in [-0.2, -0.15) is 21.6 Å². The Labute approximate surface area is 238 Å². The number of rotatable bonds is 7. The van der Waals surface area contributed by atoms with E-state index >= 15 is 0 Å². The molecule has 1 N–H and O–H groups in total. The Morgan fingerprint density at radius 3 is 2.68 bits per heavy atom. The topological polar surface area (TPSA) is 146 Å². The lowest BCUT2D eigenvalue weighted by Crippen LogP contribution is -2.44. The van der Waals surface area contributed by atoms with Gasteiger partial charge in [0, 0.05) is 34.9 Å². The van der Waals surface area contributed by atoms with Gasteiger partial charge >= 0.3 is 21.3 Å². The van der Waals surface area contributed by atoms with Gasteiger partial charge in [-0.3, -0.25) is 19.7 Å². The third kappa shape index (κ3) is 5.22. The second-order valence-corrected chi connectivity index (χ2v) is 14.0. The Hall–Kier alpha value is -3.07. The number of Topliss-reactive ketones (excluding diaryl/α,β-unsaturated/α-hetero) is 1. The summed E-state index contributed by atoms with van der Waals surface area (Å²) in [6.07, 6.45) is 4.33. The van der Waals surface area contributed by atoms with E-state index in [4.69, 9.17) is 0 Å². The van der Waals surface area contributed by atoms with Crippen LogP contribution >= 0.6 is 11.3 Å². The maximum absolute atomic E-state index is 13.2. The number of aromatic nitrogens is 1. The number of halogens is 3. The summed E-state index contributed by atoms with van der Waals surface area (Å²) >= 11 is 1.37. The lowest BCUT2D eigenvalue weighted by molar-refractivity contribution is -0.386. The fourth-order valence-corrected chi connectivity index (χ4v) is 8.44. The van der Waals surface area contributed by atoms with Gasteiger partial charge in [0.1, 0.15) is 5.78 Å². The molecule has 0 bridgehead atoms. The molecule has 0 aliphatic heterocycles. The number of hydrogen-bond acceptors (Lipinski definition) is 9. The number of amides is 1. The van der Waals surface area contributed by atoms with Crippen LogP contribution in [0.25, 0.3) is 0 Å². The predicted octanol–water partition coefficient (Wildman–Crippen LogP) is 5.66. The summed E-state index contributed by atoms with van der Waals surface area (Å²) in [5, 5.41) is 15.3. The highest BCUT2D eigenvalue weighted by Gasteiger charge is 2.59. The van der Waals surface area contributed by atoms with E-state index in [0.717, 1.165) is 10.9 Å². The fourth-order valence-electron chi connectivity index (χ4n) is 7.30. The summed E-state index contributed by atoms with van der Waals surface area (Å²) in [6, 6.07) is 2.33. The van der Waals surface area contributed by atoms with Crippen LogP contribution in [0.5, 0.6) is 5.75 Å². The van der Waals surface area contributed by atoms with Crippen molar-refractivity contribution in [2.24, 2.45) is 23.2 Å². The van der Waals surface area contributed by atoms with Crippen molar-refractivity contribution in [1.29, 1.82) is 0 Å². The highest BCUT2D eigenvalue weighted by molar-refractivity contribution is 7.88. The van der Waals surface area contributed by atoms with Crippen molar-refractivity contribution in [3.8, 4) is 5.75 Å². The van der Waals surface area contributed by atoms with Crippen LogP contribution in [0.3, 0.4) is 0 Å². The molecule has 3 aliphatic carbocycles. The Kier molecular flexibility index (Phi) is 7.41. The van der Waals surface area contributed by atoms with E-state index in [1.807, 2.05) is 13.8 Å². The molecule has 1 aromatic carbocycles. The van der Waals surface area contributed by atoms with Crippen LogP contribution < -0.4 is 9.50 Å². The van der Waals surface area contributed by atoms with Gasteiger partial charge in [-0.05, 0) is 74.3 Å². The number of anilines is 1. The largest absolute Gasteiger partial charge is 0.534 e. The van der Waals surface area contributed by atoms with E-state index in [9.17, 15) is 41.3 Å². The number of carbonyl (C=O) groups excluding carboxylic acids is 2. The minimum absolute atomic E-state index is 0.0346. The van der Waals surface area contributed by atoms with E-state index in [2.05, 4.69) is 14.5 Å². The third-order valence-corrected chi connectivity index (χ3v) is 10.8. The Bertz CT molecular complexity index is 1520. The zero-order chi connectivity index (χ0) is 29.9. The molecule has 41 heavy (non-hydrogen) atoms. The number of carbonyl (C=O) groups is 2. The number of thiazole rings is 1. The summed E-state index contributed by atoms with van der Waals surface area (Å²) in [6.45, 7) is 3.83. The monoisotopic (exact) mass is 615 g/mol. The van der Waals surface area contributed by atoms with Crippen LogP contribution in [0.1, 0.15) is 67.4 Å². The first-order valence-corrected chi connectivity index (χ1v) is 15.4. The molecule has 10 nitrogen and oxygen atoms in total. The Morgan fingerprint density at radius 2 is 2.05 bits per heavy atom. The molecule has 0 saturated heterocycles. The van der Waals surface area contributed by atoms with Crippen LogP contribution in [0.4, 0.5) is 24.0 Å². The molecule has 1 aromatic heterocycles. The van der Waals surface area contributed by atoms with Crippen molar-refractivity contribution in [2.75, 3.05) is 5.32 Å². The molecule has 5 atom stereocenters. The number of nitrogens with zero attached hydrogens (tertiary/aromatic N) is 2. The third-order valence-electron chi connectivity index (χ3n) is 8.97. The van der Waals surface area contributed by atoms with Crippen molar-refractivity contribution in [1.82, 2.24) is 4.98 Å². The molecule has 2 aromatic rings. The first kappa shape index (κ1) is 29.4. The van der Waals surface area contributed by atoms with Gasteiger partial charge in [-0.15, -0.1) is 11.3 Å². The van der Waals surface area contributed by atoms with Gasteiger partial charge < -0.3 is 9.50 Å². The summed E-state index contributed by atoms with van der Waals surface area (Å²) in [4.78, 5) is 42.0. The number of hydrogen-bond donors (Lipinski definition) is 1. The average Bonchev–Trinajstić information content (AvgIpc) is 3.40. The number of nitro benzene ring substituents is 1. The number of aryl methyl sites for hydroxylation is 1. The first-order valence-electron chi connectivity index (χ1n) is 13.2. The summed E-state index contributed by atoms with van der Waals surface area (Å²) in [7, 11) is -6.10. The zero-order valence-electron chi connectivity index (χ0n) is 22.2. The van der Waals surface area contributed by atoms with Gasteiger partial charge in [0.2, 0.25) is 11.7 Å². The maximum atomic E-state index is 13.2. The number of nitrogens with one attached hydrogen (secondary N) is 1. The molecular formula is C26H28F3N3O7S2. The van der Waals surface area contributed by atoms with Crippen LogP contribution in [-0.2, 0) is 26.1 Å². The number of benzene rings is 1. The van der Waals surface area contributed by atoms with E-state index in [1.165, 1.54) is 17.4 Å². The molecule has 0 radical (unpaired) electrons. The van der Waals surface area contributed by atoms with Crippen molar-refractivity contribution >= 4 is 44.0 Å². The summed E-state index contributed by atoms with van der Waals surface area (Å²) < 4.78 is 66.2. The summed E-state index contributed by atoms with van der Waals surface area (Å²) in [5.74, 6) is -1.41. The number of ketones is 1. The molecule has 222 valence electrons. The normalized spacial score (nSPS) is 27.5. The molecule has 3 aliphatic rings. The van der Waals surface area contributed by atoms with E-state index in [-0.39, 0.29) is 53.8 Å². The predicted molar refractivity (Wildman–Crippen MR) is 142 cm³/mol. The van der Waals surface area contributed by atoms with E-state index in [1.54, 1.807) is 6.20 Å². The van der Waals surface area contributed by atoms with Gasteiger partial charge in [-0.1, -0.05) is 13.0 Å². The first-order chi connectivity index (χ1) is 19.1. The van der Waals surface area contributed by atoms with Crippen molar-refractivity contribution in [3.05, 3.63) is 44.4 Å². The van der Waals surface area contributed by atoms with Crippen molar-refractivity contribution in [3.63, 3.8) is 0 Å². The second kappa shape index (κ2) is 10.3. The van der Waals surface area contributed by atoms with Crippen LogP contribution in [0, 0.1) is 40.2 Å². The van der Waals surface area contributed by atoms with Gasteiger partial charge in [0.25, 0.3) is 0 Å². The molecular weight excluding hydrogens is 587 g/mol. The molecule has 0 spiro atoms. The molecule has 1 amide bonds. The standard InChI is InChI=1S/C26H28F3N3O7S2/c1-13-12-30-24(40-13)31-21(34)8-3-14-11-20(33)25(2)10-9-16-15-6-7-19(39-41(37,38)26(27,28)29)23(32(35)36)18(15)5-4-17(16)22(14)25/h6-7,12,14,16-17,22H,3-5,8-11H2,1-2H3,(H,30,31,34)/t14?,16?,17?,22?,25-/m1/s1. The smallest absolute Gasteiger partial charge is 0.369 e. The van der Waals surface area contributed by atoms with Crippen molar-refractivity contribution < 1.29 is 40.3 Å². The van der Waals surface area contributed by atoms with Crippen molar-refractivity contribution in [2.45, 2.75) is 70.2 Å². The van der Waals surface area contributed by atoms with Gasteiger partial charge in [0.15, 0.2) is 5.13 Å². The molecule has 2 saturated carbocycles. The zero-order valence-corrected chi connectivity index (χ0v) is 23.8. The molecule has 5 rings (SSSR count). The lowest BCUT2D eigenvalue weighted by Gasteiger charge is -2.49.